The Balaban J connectivity index is 3.16. The van der Waals surface area contributed by atoms with Crippen LogP contribution in [0, 0.1) is 0 Å². The second-order valence-corrected chi connectivity index (χ2v) is 4.66. The molecule has 0 N–H and O–H groups in total. The number of esters is 1. The van der Waals surface area contributed by atoms with Crippen LogP contribution in [-0.4, -0.2) is 25.1 Å². The molecule has 0 aliphatic rings. The first-order valence-corrected chi connectivity index (χ1v) is 6.64. The van der Waals surface area contributed by atoms with Crippen molar-refractivity contribution >= 4 is 34.7 Å². The predicted octanol–water partition coefficient (Wildman–Crippen LogP) is 3.51. The van der Waals surface area contributed by atoms with E-state index in [9.17, 15) is 4.79 Å². The summed E-state index contributed by atoms with van der Waals surface area (Å²) in [6.45, 7) is 1.93. The van der Waals surface area contributed by atoms with E-state index in [0.717, 1.165) is 0 Å². The maximum atomic E-state index is 11.6. The van der Waals surface area contributed by atoms with Crippen LogP contribution in [-0.2, 0) is 14.3 Å². The highest BCUT2D eigenvalue weighted by atomic mass is 35.5. The van der Waals surface area contributed by atoms with Gasteiger partial charge in [0.15, 0.2) is 0 Å². The number of thiocarbonyl (C=S) groups is 1. The van der Waals surface area contributed by atoms with E-state index in [2.05, 4.69) is 4.74 Å². The van der Waals surface area contributed by atoms with Crippen LogP contribution in [0.15, 0.2) is 30.2 Å². The number of hydrogen-bond acceptors (Lipinski definition) is 5. The van der Waals surface area contributed by atoms with E-state index < -0.39 is 5.97 Å². The molecule has 4 nitrogen and oxygen atoms in total. The summed E-state index contributed by atoms with van der Waals surface area (Å²) >= 11 is 11.2. The number of methoxy groups -OCH3 is 2. The van der Waals surface area contributed by atoms with Gasteiger partial charge in [-0.2, -0.15) is 0 Å². The molecule has 6 heteroatoms. The van der Waals surface area contributed by atoms with Gasteiger partial charge >= 0.3 is 5.97 Å². The van der Waals surface area contributed by atoms with Gasteiger partial charge in [0.2, 0.25) is 5.76 Å². The quantitative estimate of drug-likeness (QED) is 0.264. The number of carbonyl (C=O) groups excluding carboxylic acids is 1. The minimum absolute atomic E-state index is 0.0718. The van der Waals surface area contributed by atoms with Crippen LogP contribution < -0.4 is 4.74 Å². The first kappa shape index (κ1) is 16.5. The number of rotatable bonds is 6. The van der Waals surface area contributed by atoms with Crippen molar-refractivity contribution in [2.24, 2.45) is 0 Å². The SMILES string of the molecule is CCC(=S)c1cc(Cl)ccc1O/C(=C/OC)C(=O)OC. The van der Waals surface area contributed by atoms with Crippen molar-refractivity contribution in [3.8, 4) is 5.75 Å². The lowest BCUT2D eigenvalue weighted by Crippen LogP contribution is -2.12. The molecule has 0 aliphatic carbocycles. The molecule has 0 unspecified atom stereocenters. The second kappa shape index (κ2) is 7.87. The molecule has 0 radical (unpaired) electrons. The lowest BCUT2D eigenvalue weighted by atomic mass is 10.1. The standard InChI is InChI=1S/C14H15ClO4S/c1-4-13(20)10-7-9(15)5-6-11(10)19-12(8-17-2)14(16)18-3/h5-8H,4H2,1-3H3/b12-8+. The molecule has 108 valence electrons. The molecule has 1 rings (SSSR count). The minimum atomic E-state index is -0.643. The molecule has 0 amide bonds. The van der Waals surface area contributed by atoms with Crippen LogP contribution >= 0.6 is 23.8 Å². The molecule has 0 aliphatic heterocycles. The van der Waals surface area contributed by atoms with Crippen molar-refractivity contribution in [2.45, 2.75) is 13.3 Å². The normalized spacial score (nSPS) is 10.9. The first-order valence-electron chi connectivity index (χ1n) is 5.85. The summed E-state index contributed by atoms with van der Waals surface area (Å²) in [6, 6.07) is 5.00. The molecule has 0 atom stereocenters. The summed E-state index contributed by atoms with van der Waals surface area (Å²) in [5.41, 5.74) is 0.668. The van der Waals surface area contributed by atoms with Crippen molar-refractivity contribution in [3.05, 3.63) is 40.8 Å². The van der Waals surface area contributed by atoms with Gasteiger partial charge in [0.1, 0.15) is 12.0 Å². The van der Waals surface area contributed by atoms with Crippen LogP contribution in [0.3, 0.4) is 0 Å². The maximum Gasteiger partial charge on any atom is 0.377 e. The number of benzene rings is 1. The van der Waals surface area contributed by atoms with Crippen molar-refractivity contribution in [1.82, 2.24) is 0 Å². The summed E-state index contributed by atoms with van der Waals surface area (Å²) in [6.07, 6.45) is 1.83. The van der Waals surface area contributed by atoms with E-state index in [1.165, 1.54) is 20.5 Å². The minimum Gasteiger partial charge on any atom is -0.500 e. The lowest BCUT2D eigenvalue weighted by molar-refractivity contribution is -0.138. The zero-order valence-electron chi connectivity index (χ0n) is 11.4. The van der Waals surface area contributed by atoms with E-state index in [4.69, 9.17) is 33.3 Å². The van der Waals surface area contributed by atoms with Gasteiger partial charge in [-0.25, -0.2) is 4.79 Å². The third kappa shape index (κ3) is 4.21. The number of halogens is 1. The highest BCUT2D eigenvalue weighted by molar-refractivity contribution is 7.80. The average molecular weight is 315 g/mol. The predicted molar refractivity (Wildman–Crippen MR) is 81.2 cm³/mol. The largest absolute Gasteiger partial charge is 0.500 e. The smallest absolute Gasteiger partial charge is 0.377 e. The number of carbonyl (C=O) groups is 1. The topological polar surface area (TPSA) is 44.8 Å². The van der Waals surface area contributed by atoms with Crippen LogP contribution in [0.25, 0.3) is 0 Å². The van der Waals surface area contributed by atoms with Gasteiger partial charge in [-0.3, -0.25) is 0 Å². The Morgan fingerprint density at radius 2 is 2.10 bits per heavy atom. The van der Waals surface area contributed by atoms with E-state index in [-0.39, 0.29) is 5.76 Å². The monoisotopic (exact) mass is 314 g/mol. The van der Waals surface area contributed by atoms with Crippen molar-refractivity contribution < 1.29 is 19.0 Å². The third-order valence-corrected chi connectivity index (χ3v) is 3.14. The zero-order valence-corrected chi connectivity index (χ0v) is 13.0. The summed E-state index contributed by atoms with van der Waals surface area (Å²) in [5.74, 6) is -0.289. The molecule has 0 bridgehead atoms. The number of hydrogen-bond donors (Lipinski definition) is 0. The Hall–Kier alpha value is -1.59. The Morgan fingerprint density at radius 1 is 1.40 bits per heavy atom. The third-order valence-electron chi connectivity index (χ3n) is 2.39. The van der Waals surface area contributed by atoms with E-state index >= 15 is 0 Å². The van der Waals surface area contributed by atoms with Gasteiger partial charge in [0, 0.05) is 15.5 Å². The van der Waals surface area contributed by atoms with E-state index in [0.29, 0.717) is 27.6 Å². The van der Waals surface area contributed by atoms with Crippen LogP contribution in [0.4, 0.5) is 0 Å². The van der Waals surface area contributed by atoms with Crippen LogP contribution in [0.5, 0.6) is 5.75 Å². The summed E-state index contributed by atoms with van der Waals surface area (Å²) in [5, 5.41) is 0.540. The van der Waals surface area contributed by atoms with Gasteiger partial charge in [-0.15, -0.1) is 0 Å². The van der Waals surface area contributed by atoms with Crippen LogP contribution in [0.1, 0.15) is 18.9 Å². The van der Waals surface area contributed by atoms with Gasteiger partial charge < -0.3 is 14.2 Å². The highest BCUT2D eigenvalue weighted by Crippen LogP contribution is 2.26. The van der Waals surface area contributed by atoms with E-state index in [1.807, 2.05) is 6.92 Å². The average Bonchev–Trinajstić information content (AvgIpc) is 2.46. The Morgan fingerprint density at radius 3 is 2.65 bits per heavy atom. The fraction of sp³-hybridized carbons (Fsp3) is 0.286. The maximum absolute atomic E-state index is 11.6. The fourth-order valence-corrected chi connectivity index (χ4v) is 1.77. The fourth-order valence-electron chi connectivity index (χ4n) is 1.44. The van der Waals surface area contributed by atoms with Gasteiger partial charge in [0.05, 0.1) is 14.2 Å². The van der Waals surface area contributed by atoms with Crippen molar-refractivity contribution in [2.75, 3.05) is 14.2 Å². The zero-order chi connectivity index (χ0) is 15.1. The summed E-state index contributed by atoms with van der Waals surface area (Å²) < 4.78 is 15.0. The first-order chi connectivity index (χ1) is 9.53. The molecule has 1 aromatic rings. The summed E-state index contributed by atoms with van der Waals surface area (Å²) in [7, 11) is 2.67. The van der Waals surface area contributed by atoms with Gasteiger partial charge in [-0.1, -0.05) is 30.7 Å². The molecule has 0 heterocycles. The molecule has 0 spiro atoms. The molecule has 0 aromatic heterocycles. The summed E-state index contributed by atoms with van der Waals surface area (Å²) in [4.78, 5) is 12.3. The Labute approximate surface area is 128 Å². The Kier molecular flexibility index (Phi) is 6.48. The molecule has 1 aromatic carbocycles. The van der Waals surface area contributed by atoms with Crippen molar-refractivity contribution in [3.63, 3.8) is 0 Å². The molecule has 20 heavy (non-hydrogen) atoms. The van der Waals surface area contributed by atoms with Crippen molar-refractivity contribution in [1.29, 1.82) is 0 Å². The number of ether oxygens (including phenoxy) is 3. The molecular weight excluding hydrogens is 300 g/mol. The molecule has 0 saturated heterocycles. The molecular formula is C14H15ClO4S. The lowest BCUT2D eigenvalue weighted by Gasteiger charge is -2.12. The Bertz CT molecular complexity index is 540. The second-order valence-electron chi connectivity index (χ2n) is 3.73. The highest BCUT2D eigenvalue weighted by Gasteiger charge is 2.17. The molecule has 0 saturated carbocycles. The van der Waals surface area contributed by atoms with E-state index in [1.54, 1.807) is 18.2 Å². The van der Waals surface area contributed by atoms with Gasteiger partial charge in [-0.05, 0) is 24.6 Å². The molecule has 0 fully saturated rings. The van der Waals surface area contributed by atoms with Crippen LogP contribution in [0.2, 0.25) is 5.02 Å². The van der Waals surface area contributed by atoms with Gasteiger partial charge in [0.25, 0.3) is 0 Å².